The Morgan fingerprint density at radius 2 is 1.96 bits per heavy atom. The number of rotatable bonds is 7. The highest BCUT2D eigenvalue weighted by molar-refractivity contribution is 6.30. The molecule has 1 amide bonds. The van der Waals surface area contributed by atoms with Gasteiger partial charge in [-0.1, -0.05) is 29.8 Å². The molecule has 0 saturated carbocycles. The average molecular weight is 386 g/mol. The minimum Gasteiger partial charge on any atom is -0.546 e. The Morgan fingerprint density at radius 1 is 1.22 bits per heavy atom. The standard InChI is InChI=1S/C20H19ClN2O4/c1-12-15(9-18(22)24)20-16(6-3-7-17(20)27-11-19(25)26)23(12)10-13-4-2-5-14(21)8-13/h2-8H,9-11H2,1H3,(H2,22,24)(H,25,26)/p-1. The van der Waals surface area contributed by atoms with Gasteiger partial charge >= 0.3 is 0 Å². The Balaban J connectivity index is 2.15. The van der Waals surface area contributed by atoms with E-state index in [-0.39, 0.29) is 6.42 Å². The van der Waals surface area contributed by atoms with Crippen molar-refractivity contribution in [3.8, 4) is 5.75 Å². The molecule has 0 aliphatic carbocycles. The summed E-state index contributed by atoms with van der Waals surface area (Å²) in [5.74, 6) is -1.42. The van der Waals surface area contributed by atoms with Crippen molar-refractivity contribution in [3.05, 3.63) is 64.3 Å². The van der Waals surface area contributed by atoms with Crippen molar-refractivity contribution in [2.45, 2.75) is 19.9 Å². The molecule has 0 atom stereocenters. The molecule has 0 saturated heterocycles. The van der Waals surface area contributed by atoms with Crippen LogP contribution in [0.4, 0.5) is 0 Å². The summed E-state index contributed by atoms with van der Waals surface area (Å²) in [5.41, 5.74) is 8.81. The van der Waals surface area contributed by atoms with Gasteiger partial charge in [-0.05, 0) is 42.3 Å². The van der Waals surface area contributed by atoms with Gasteiger partial charge in [0.1, 0.15) is 12.4 Å². The van der Waals surface area contributed by atoms with E-state index in [4.69, 9.17) is 22.1 Å². The fourth-order valence-corrected chi connectivity index (χ4v) is 3.45. The highest BCUT2D eigenvalue weighted by Gasteiger charge is 2.19. The zero-order valence-electron chi connectivity index (χ0n) is 14.7. The van der Waals surface area contributed by atoms with E-state index in [9.17, 15) is 14.7 Å². The van der Waals surface area contributed by atoms with Crippen LogP contribution in [0.25, 0.3) is 10.9 Å². The number of nitrogens with two attached hydrogens (primary N) is 1. The number of amides is 1. The number of ether oxygens (including phenoxy) is 1. The lowest BCUT2D eigenvalue weighted by Crippen LogP contribution is -2.29. The molecular weight excluding hydrogens is 368 g/mol. The molecule has 27 heavy (non-hydrogen) atoms. The van der Waals surface area contributed by atoms with Gasteiger partial charge in [-0.3, -0.25) is 4.79 Å². The highest BCUT2D eigenvalue weighted by Crippen LogP contribution is 2.34. The number of hydrogen-bond acceptors (Lipinski definition) is 4. The van der Waals surface area contributed by atoms with E-state index in [0.717, 1.165) is 16.8 Å². The number of carbonyl (C=O) groups is 2. The van der Waals surface area contributed by atoms with Gasteiger partial charge in [0.05, 0.1) is 17.9 Å². The SMILES string of the molecule is Cc1c(CC(N)=O)c2c(OCC(=O)[O-])cccc2n1Cc1cccc(Cl)c1. The molecule has 2 N–H and O–H groups in total. The van der Waals surface area contributed by atoms with Crippen molar-refractivity contribution in [2.24, 2.45) is 5.73 Å². The summed E-state index contributed by atoms with van der Waals surface area (Å²) in [6.07, 6.45) is 0.0244. The number of carboxylic acid groups (broad SMARTS) is 1. The maximum absolute atomic E-state index is 11.6. The number of nitrogens with zero attached hydrogens (tertiary/aromatic N) is 1. The molecule has 0 unspecified atom stereocenters. The summed E-state index contributed by atoms with van der Waals surface area (Å²) in [7, 11) is 0. The van der Waals surface area contributed by atoms with E-state index < -0.39 is 18.5 Å². The molecule has 6 nitrogen and oxygen atoms in total. The molecular formula is C20H18ClN2O4-. The van der Waals surface area contributed by atoms with Gasteiger partial charge in [0, 0.05) is 22.6 Å². The van der Waals surface area contributed by atoms with Crippen molar-refractivity contribution in [1.82, 2.24) is 4.57 Å². The van der Waals surface area contributed by atoms with E-state index >= 15 is 0 Å². The number of carboxylic acids is 1. The molecule has 2 aromatic carbocycles. The zero-order chi connectivity index (χ0) is 19.6. The molecule has 0 aliphatic rings. The number of benzene rings is 2. The molecule has 0 bridgehead atoms. The van der Waals surface area contributed by atoms with Gasteiger partial charge in [0.25, 0.3) is 0 Å². The molecule has 0 fully saturated rings. The van der Waals surface area contributed by atoms with Crippen LogP contribution in [-0.2, 0) is 22.6 Å². The predicted molar refractivity (Wildman–Crippen MR) is 101 cm³/mol. The minimum absolute atomic E-state index is 0.0244. The molecule has 3 rings (SSSR count). The molecule has 3 aromatic rings. The van der Waals surface area contributed by atoms with E-state index in [1.165, 1.54) is 0 Å². The van der Waals surface area contributed by atoms with Crippen LogP contribution in [0.15, 0.2) is 42.5 Å². The third kappa shape index (κ3) is 4.06. The summed E-state index contributed by atoms with van der Waals surface area (Å²) in [5, 5.41) is 12.1. The van der Waals surface area contributed by atoms with Crippen molar-refractivity contribution in [2.75, 3.05) is 6.61 Å². The van der Waals surface area contributed by atoms with Gasteiger partial charge in [-0.2, -0.15) is 0 Å². The van der Waals surface area contributed by atoms with Gasteiger partial charge in [0.15, 0.2) is 0 Å². The molecule has 0 spiro atoms. The number of primary amides is 1. The van der Waals surface area contributed by atoms with Crippen molar-refractivity contribution >= 4 is 34.4 Å². The van der Waals surface area contributed by atoms with Crippen LogP contribution in [0.2, 0.25) is 5.02 Å². The van der Waals surface area contributed by atoms with Crippen LogP contribution in [-0.4, -0.2) is 23.1 Å². The molecule has 140 valence electrons. The summed E-state index contributed by atoms with van der Waals surface area (Å²) in [4.78, 5) is 22.4. The maximum atomic E-state index is 11.6. The Kier molecular flexibility index (Phi) is 5.37. The first-order valence-corrected chi connectivity index (χ1v) is 8.70. The average Bonchev–Trinajstić information content (AvgIpc) is 2.86. The van der Waals surface area contributed by atoms with Gasteiger partial charge < -0.3 is 24.9 Å². The Morgan fingerprint density at radius 3 is 2.63 bits per heavy atom. The van der Waals surface area contributed by atoms with E-state index in [2.05, 4.69) is 0 Å². The molecule has 1 heterocycles. The summed E-state index contributed by atoms with van der Waals surface area (Å²) in [6.45, 7) is 1.85. The van der Waals surface area contributed by atoms with E-state index in [0.29, 0.717) is 28.3 Å². The summed E-state index contributed by atoms with van der Waals surface area (Å²) < 4.78 is 7.42. The number of fused-ring (bicyclic) bond motifs is 1. The normalized spacial score (nSPS) is 10.9. The Bertz CT molecular complexity index is 1030. The maximum Gasteiger partial charge on any atom is 0.221 e. The number of hydrogen-bond donors (Lipinski definition) is 1. The van der Waals surface area contributed by atoms with Crippen LogP contribution >= 0.6 is 11.6 Å². The lowest BCUT2D eigenvalue weighted by molar-refractivity contribution is -0.307. The number of aromatic nitrogens is 1. The van der Waals surface area contributed by atoms with Crippen LogP contribution in [0.1, 0.15) is 16.8 Å². The smallest absolute Gasteiger partial charge is 0.221 e. The minimum atomic E-state index is -1.32. The topological polar surface area (TPSA) is 97.4 Å². The van der Waals surface area contributed by atoms with Crippen molar-refractivity contribution in [3.63, 3.8) is 0 Å². The van der Waals surface area contributed by atoms with Gasteiger partial charge in [0.2, 0.25) is 5.91 Å². The van der Waals surface area contributed by atoms with Gasteiger partial charge in [-0.15, -0.1) is 0 Å². The van der Waals surface area contributed by atoms with E-state index in [1.807, 2.05) is 35.8 Å². The number of carbonyl (C=O) groups excluding carboxylic acids is 2. The second-order valence-electron chi connectivity index (χ2n) is 6.23. The first-order valence-electron chi connectivity index (χ1n) is 8.33. The van der Waals surface area contributed by atoms with Crippen molar-refractivity contribution < 1.29 is 19.4 Å². The highest BCUT2D eigenvalue weighted by atomic mass is 35.5. The third-order valence-corrected chi connectivity index (χ3v) is 4.60. The quantitative estimate of drug-likeness (QED) is 0.670. The Hall–Kier alpha value is -2.99. The number of aliphatic carboxylic acids is 1. The Labute approximate surface area is 161 Å². The molecule has 0 aliphatic heterocycles. The third-order valence-electron chi connectivity index (χ3n) is 4.36. The van der Waals surface area contributed by atoms with Crippen LogP contribution in [0.5, 0.6) is 5.75 Å². The summed E-state index contributed by atoms with van der Waals surface area (Å²) >= 11 is 6.09. The molecule has 7 heteroatoms. The second kappa shape index (κ2) is 7.72. The van der Waals surface area contributed by atoms with E-state index in [1.54, 1.807) is 18.2 Å². The lowest BCUT2D eigenvalue weighted by Gasteiger charge is -2.10. The fourth-order valence-electron chi connectivity index (χ4n) is 3.24. The lowest BCUT2D eigenvalue weighted by atomic mass is 10.1. The zero-order valence-corrected chi connectivity index (χ0v) is 15.5. The number of halogens is 1. The van der Waals surface area contributed by atoms with Crippen LogP contribution in [0, 0.1) is 6.92 Å². The molecule has 0 radical (unpaired) electrons. The second-order valence-corrected chi connectivity index (χ2v) is 6.67. The molecule has 1 aromatic heterocycles. The van der Waals surface area contributed by atoms with Crippen LogP contribution < -0.4 is 15.6 Å². The van der Waals surface area contributed by atoms with Crippen molar-refractivity contribution in [1.29, 1.82) is 0 Å². The van der Waals surface area contributed by atoms with Crippen LogP contribution in [0.3, 0.4) is 0 Å². The largest absolute Gasteiger partial charge is 0.546 e. The first-order chi connectivity index (χ1) is 12.9. The van der Waals surface area contributed by atoms with Gasteiger partial charge in [-0.25, -0.2) is 0 Å². The predicted octanol–water partition coefficient (Wildman–Crippen LogP) is 1.81. The monoisotopic (exact) mass is 385 g/mol. The first kappa shape index (κ1) is 18.8. The summed E-state index contributed by atoms with van der Waals surface area (Å²) in [6, 6.07) is 12.8. The fraction of sp³-hybridized carbons (Fsp3) is 0.200.